The number of primary amides is 1. The van der Waals surface area contributed by atoms with E-state index in [1.54, 1.807) is 6.07 Å². The van der Waals surface area contributed by atoms with E-state index in [9.17, 15) is 4.79 Å². The van der Waals surface area contributed by atoms with Crippen LogP contribution in [-0.4, -0.2) is 5.91 Å². The van der Waals surface area contributed by atoms with Crippen molar-refractivity contribution in [2.75, 3.05) is 0 Å². The van der Waals surface area contributed by atoms with E-state index in [0.29, 0.717) is 5.76 Å². The highest BCUT2D eigenvalue weighted by molar-refractivity contribution is 9.10. The predicted molar refractivity (Wildman–Crippen MR) is 47.1 cm³/mol. The summed E-state index contributed by atoms with van der Waals surface area (Å²) in [4.78, 5) is 10.5. The Hall–Kier alpha value is -0.810. The van der Waals surface area contributed by atoms with Gasteiger partial charge in [0.25, 0.3) is 0 Å². The van der Waals surface area contributed by atoms with Gasteiger partial charge in [-0.1, -0.05) is 0 Å². The van der Waals surface area contributed by atoms with Crippen molar-refractivity contribution in [3.05, 3.63) is 22.6 Å². The molecule has 0 spiro atoms. The van der Waals surface area contributed by atoms with Crippen LogP contribution in [0.25, 0.3) is 0 Å². The van der Waals surface area contributed by atoms with E-state index in [4.69, 9.17) is 15.9 Å². The second-order valence-corrected chi connectivity index (χ2v) is 3.36. The van der Waals surface area contributed by atoms with Crippen LogP contribution in [0, 0.1) is 0 Å². The fourth-order valence-corrected chi connectivity index (χ4v) is 1.16. The van der Waals surface area contributed by atoms with Gasteiger partial charge in [0.2, 0.25) is 5.91 Å². The van der Waals surface area contributed by atoms with Crippen LogP contribution in [0.5, 0.6) is 0 Å². The van der Waals surface area contributed by atoms with Gasteiger partial charge < -0.3 is 15.9 Å². The number of hydrogen-bond acceptors (Lipinski definition) is 3. The van der Waals surface area contributed by atoms with Crippen LogP contribution in [0.1, 0.15) is 18.2 Å². The molecule has 0 saturated heterocycles. The van der Waals surface area contributed by atoms with Gasteiger partial charge in [-0.2, -0.15) is 0 Å². The number of rotatable bonds is 3. The fourth-order valence-electron chi connectivity index (χ4n) is 0.840. The molecule has 1 amide bonds. The molecule has 1 unspecified atom stereocenters. The molecule has 1 aromatic rings. The second kappa shape index (κ2) is 3.73. The Kier molecular flexibility index (Phi) is 2.88. The van der Waals surface area contributed by atoms with Crippen molar-refractivity contribution >= 4 is 21.8 Å². The quantitative estimate of drug-likeness (QED) is 0.814. The first-order valence-electron chi connectivity index (χ1n) is 3.37. The van der Waals surface area contributed by atoms with Crippen molar-refractivity contribution in [1.29, 1.82) is 0 Å². The highest BCUT2D eigenvalue weighted by Gasteiger charge is 2.12. The molecule has 0 aromatic carbocycles. The molecule has 1 atom stereocenters. The zero-order valence-corrected chi connectivity index (χ0v) is 7.87. The summed E-state index contributed by atoms with van der Waals surface area (Å²) in [5, 5.41) is 0. The number of halogens is 1. The van der Waals surface area contributed by atoms with Crippen molar-refractivity contribution in [3.63, 3.8) is 0 Å². The lowest BCUT2D eigenvalue weighted by Gasteiger charge is -2.03. The molecular formula is C7H9BrN2O2. The van der Waals surface area contributed by atoms with Crippen molar-refractivity contribution < 1.29 is 9.21 Å². The van der Waals surface area contributed by atoms with Crippen LogP contribution >= 0.6 is 15.9 Å². The van der Waals surface area contributed by atoms with Gasteiger partial charge in [0, 0.05) is 6.42 Å². The number of carbonyl (C=O) groups is 1. The third-order valence-electron chi connectivity index (χ3n) is 1.37. The summed E-state index contributed by atoms with van der Waals surface area (Å²) in [6, 6.07) is 1.27. The molecule has 66 valence electrons. The summed E-state index contributed by atoms with van der Waals surface area (Å²) < 4.78 is 5.85. The zero-order valence-electron chi connectivity index (χ0n) is 6.29. The van der Waals surface area contributed by atoms with Crippen molar-refractivity contribution in [1.82, 2.24) is 0 Å². The molecule has 0 bridgehead atoms. The van der Waals surface area contributed by atoms with Crippen LogP contribution in [0.3, 0.4) is 0 Å². The molecule has 0 aliphatic rings. The number of furan rings is 1. The van der Waals surface area contributed by atoms with Gasteiger partial charge in [-0.25, -0.2) is 0 Å². The molecule has 0 radical (unpaired) electrons. The van der Waals surface area contributed by atoms with E-state index in [2.05, 4.69) is 15.9 Å². The molecule has 12 heavy (non-hydrogen) atoms. The first kappa shape index (κ1) is 9.28. The smallest absolute Gasteiger partial charge is 0.219 e. The monoisotopic (exact) mass is 232 g/mol. The fraction of sp³-hybridized carbons (Fsp3) is 0.286. The lowest BCUT2D eigenvalue weighted by molar-refractivity contribution is -0.118. The van der Waals surface area contributed by atoms with Gasteiger partial charge in [0.05, 0.1) is 10.5 Å². The maximum Gasteiger partial charge on any atom is 0.219 e. The van der Waals surface area contributed by atoms with E-state index in [1.807, 2.05) is 0 Å². The van der Waals surface area contributed by atoms with Gasteiger partial charge in [-0.05, 0) is 22.0 Å². The van der Waals surface area contributed by atoms with Gasteiger partial charge in [-0.3, -0.25) is 4.79 Å². The molecule has 4 N–H and O–H groups in total. The average Bonchev–Trinajstić information content (AvgIpc) is 2.34. The average molecular weight is 233 g/mol. The Morgan fingerprint density at radius 2 is 2.42 bits per heavy atom. The molecule has 0 saturated carbocycles. The molecule has 4 nitrogen and oxygen atoms in total. The Morgan fingerprint density at radius 1 is 1.75 bits per heavy atom. The molecule has 0 aliphatic carbocycles. The number of carbonyl (C=O) groups excluding carboxylic acids is 1. The topological polar surface area (TPSA) is 82.2 Å². The van der Waals surface area contributed by atoms with Crippen LogP contribution < -0.4 is 11.5 Å². The Bertz CT molecular complexity index is 285. The van der Waals surface area contributed by atoms with E-state index < -0.39 is 11.9 Å². The third kappa shape index (κ3) is 2.35. The molecule has 1 heterocycles. The SMILES string of the molecule is NC(=O)CC(N)c1cc(Br)co1. The van der Waals surface area contributed by atoms with Crippen molar-refractivity contribution in [2.45, 2.75) is 12.5 Å². The van der Waals surface area contributed by atoms with Gasteiger partial charge in [0.15, 0.2) is 0 Å². The summed E-state index contributed by atoms with van der Waals surface area (Å²) in [5.74, 6) is 0.121. The van der Waals surface area contributed by atoms with Gasteiger partial charge in [0.1, 0.15) is 12.0 Å². The first-order valence-corrected chi connectivity index (χ1v) is 4.16. The third-order valence-corrected chi connectivity index (χ3v) is 1.79. The second-order valence-electron chi connectivity index (χ2n) is 2.44. The summed E-state index contributed by atoms with van der Waals surface area (Å²) in [5.41, 5.74) is 10.6. The molecular weight excluding hydrogens is 224 g/mol. The Balaban J connectivity index is 2.64. The van der Waals surface area contributed by atoms with Crippen molar-refractivity contribution in [2.24, 2.45) is 11.5 Å². The van der Waals surface area contributed by atoms with Crippen LogP contribution in [0.15, 0.2) is 21.2 Å². The van der Waals surface area contributed by atoms with Crippen LogP contribution in [-0.2, 0) is 4.79 Å². The van der Waals surface area contributed by atoms with E-state index in [-0.39, 0.29) is 6.42 Å². The summed E-state index contributed by atoms with van der Waals surface area (Å²) in [7, 11) is 0. The maximum absolute atomic E-state index is 10.5. The lowest BCUT2D eigenvalue weighted by atomic mass is 10.2. The van der Waals surface area contributed by atoms with Gasteiger partial charge in [-0.15, -0.1) is 0 Å². The highest BCUT2D eigenvalue weighted by Crippen LogP contribution is 2.20. The zero-order chi connectivity index (χ0) is 9.14. The molecule has 0 fully saturated rings. The number of nitrogens with two attached hydrogens (primary N) is 2. The highest BCUT2D eigenvalue weighted by atomic mass is 79.9. The minimum atomic E-state index is -0.450. The molecule has 5 heteroatoms. The number of hydrogen-bond donors (Lipinski definition) is 2. The molecule has 1 rings (SSSR count). The van der Waals surface area contributed by atoms with Gasteiger partial charge >= 0.3 is 0 Å². The van der Waals surface area contributed by atoms with Crippen LogP contribution in [0.2, 0.25) is 0 Å². The van der Waals surface area contributed by atoms with E-state index in [1.165, 1.54) is 6.26 Å². The summed E-state index contributed by atoms with van der Waals surface area (Å²) in [6.07, 6.45) is 1.61. The molecule has 0 aliphatic heterocycles. The minimum Gasteiger partial charge on any atom is -0.466 e. The van der Waals surface area contributed by atoms with E-state index in [0.717, 1.165) is 4.47 Å². The minimum absolute atomic E-state index is 0.0972. The van der Waals surface area contributed by atoms with Crippen molar-refractivity contribution in [3.8, 4) is 0 Å². The normalized spacial score (nSPS) is 12.8. The lowest BCUT2D eigenvalue weighted by Crippen LogP contribution is -2.20. The largest absolute Gasteiger partial charge is 0.466 e. The number of amides is 1. The van der Waals surface area contributed by atoms with Crippen LogP contribution in [0.4, 0.5) is 0 Å². The summed E-state index contributed by atoms with van der Waals surface area (Å²) >= 11 is 3.20. The maximum atomic E-state index is 10.5. The predicted octanol–water partition coefficient (Wildman–Crippen LogP) is 0.917. The Morgan fingerprint density at radius 3 is 2.83 bits per heavy atom. The molecule has 1 aromatic heterocycles. The Labute approximate surface area is 78.0 Å². The first-order chi connectivity index (χ1) is 5.59. The van der Waals surface area contributed by atoms with E-state index >= 15 is 0 Å². The standard InChI is InChI=1S/C7H9BrN2O2/c8-4-1-6(12-3-4)5(9)2-7(10)11/h1,3,5H,2,9H2,(H2,10,11). The summed E-state index contributed by atoms with van der Waals surface area (Å²) in [6.45, 7) is 0.